The number of non-ortho nitro benzene ring substituents is 1. The molecule has 1 saturated heterocycles. The predicted molar refractivity (Wildman–Crippen MR) is 76.3 cm³/mol. The van der Waals surface area contributed by atoms with Gasteiger partial charge in [0.2, 0.25) is 10.0 Å². The van der Waals surface area contributed by atoms with Crippen LogP contribution in [0.15, 0.2) is 23.1 Å². The van der Waals surface area contributed by atoms with Crippen molar-refractivity contribution in [3.8, 4) is 0 Å². The molecule has 1 aromatic carbocycles. The van der Waals surface area contributed by atoms with Crippen LogP contribution in [0.4, 0.5) is 11.4 Å². The van der Waals surface area contributed by atoms with Crippen LogP contribution in [0.5, 0.6) is 0 Å². The molecule has 1 heterocycles. The van der Waals surface area contributed by atoms with Gasteiger partial charge in [-0.2, -0.15) is 4.31 Å². The summed E-state index contributed by atoms with van der Waals surface area (Å²) in [5, 5.41) is 10.8. The maximum absolute atomic E-state index is 12.7. The Labute approximate surface area is 122 Å². The van der Waals surface area contributed by atoms with Crippen LogP contribution in [-0.4, -0.2) is 42.9 Å². The standard InChI is InChI=1S/C12H17N3O5S/c1-8-7-20-9(2)6-14(8)21(18,19)12-5-10(15(16)17)3-4-11(12)13/h3-5,8-9H,6-7,13H2,1-2H3. The van der Waals surface area contributed by atoms with Crippen LogP contribution >= 0.6 is 0 Å². The van der Waals surface area contributed by atoms with Crippen LogP contribution in [0.1, 0.15) is 13.8 Å². The highest BCUT2D eigenvalue weighted by Crippen LogP contribution is 2.29. The number of nitro groups is 1. The summed E-state index contributed by atoms with van der Waals surface area (Å²) in [4.78, 5) is 9.93. The van der Waals surface area contributed by atoms with E-state index in [1.165, 1.54) is 16.4 Å². The number of morpholine rings is 1. The van der Waals surface area contributed by atoms with Gasteiger partial charge in [0.1, 0.15) is 4.90 Å². The summed E-state index contributed by atoms with van der Waals surface area (Å²) < 4.78 is 32.1. The van der Waals surface area contributed by atoms with E-state index in [2.05, 4.69) is 0 Å². The fraction of sp³-hybridized carbons (Fsp3) is 0.500. The molecule has 1 aliphatic heterocycles. The second-order valence-corrected chi connectivity index (χ2v) is 6.91. The molecular weight excluding hydrogens is 298 g/mol. The number of benzene rings is 1. The van der Waals surface area contributed by atoms with Crippen molar-refractivity contribution in [2.24, 2.45) is 0 Å². The molecule has 1 aliphatic rings. The third kappa shape index (κ3) is 2.99. The normalized spacial score (nSPS) is 23.9. The van der Waals surface area contributed by atoms with Crippen molar-refractivity contribution in [3.05, 3.63) is 28.3 Å². The number of nitro benzene ring substituents is 1. The van der Waals surface area contributed by atoms with E-state index in [-0.39, 0.29) is 41.6 Å². The summed E-state index contributed by atoms with van der Waals surface area (Å²) in [7, 11) is -3.91. The monoisotopic (exact) mass is 315 g/mol. The molecule has 0 aromatic heterocycles. The predicted octanol–water partition coefficient (Wildman–Crippen LogP) is 0.975. The fourth-order valence-corrected chi connectivity index (χ4v) is 4.02. The van der Waals surface area contributed by atoms with Crippen molar-refractivity contribution in [1.82, 2.24) is 4.31 Å². The Morgan fingerprint density at radius 1 is 1.43 bits per heavy atom. The molecule has 2 atom stereocenters. The number of hydrogen-bond donors (Lipinski definition) is 1. The van der Waals surface area contributed by atoms with E-state index in [1.54, 1.807) is 13.8 Å². The lowest BCUT2D eigenvalue weighted by Gasteiger charge is -2.35. The first kappa shape index (κ1) is 15.7. The lowest BCUT2D eigenvalue weighted by atomic mass is 10.2. The molecule has 2 N–H and O–H groups in total. The lowest BCUT2D eigenvalue weighted by molar-refractivity contribution is -0.385. The molecule has 1 fully saturated rings. The van der Waals surface area contributed by atoms with Crippen LogP contribution in [0.25, 0.3) is 0 Å². The van der Waals surface area contributed by atoms with Gasteiger partial charge in [0, 0.05) is 24.7 Å². The van der Waals surface area contributed by atoms with Crippen LogP contribution in [0.2, 0.25) is 0 Å². The average Bonchev–Trinajstić information content (AvgIpc) is 2.41. The summed E-state index contributed by atoms with van der Waals surface area (Å²) in [6, 6.07) is 3.06. The van der Waals surface area contributed by atoms with Crippen LogP contribution in [0.3, 0.4) is 0 Å². The Morgan fingerprint density at radius 2 is 2.10 bits per heavy atom. The molecule has 0 aliphatic carbocycles. The first-order valence-electron chi connectivity index (χ1n) is 6.41. The van der Waals surface area contributed by atoms with Gasteiger partial charge in [-0.05, 0) is 19.9 Å². The lowest BCUT2D eigenvalue weighted by Crippen LogP contribution is -2.50. The third-order valence-electron chi connectivity index (χ3n) is 3.35. The van der Waals surface area contributed by atoms with Gasteiger partial charge in [0.05, 0.1) is 23.3 Å². The Bertz CT molecular complexity index is 661. The van der Waals surface area contributed by atoms with Gasteiger partial charge in [-0.1, -0.05) is 0 Å². The zero-order valence-electron chi connectivity index (χ0n) is 11.7. The highest BCUT2D eigenvalue weighted by Gasteiger charge is 2.35. The number of nitrogen functional groups attached to an aromatic ring is 1. The molecule has 8 nitrogen and oxygen atoms in total. The fourth-order valence-electron chi connectivity index (χ4n) is 2.19. The van der Waals surface area contributed by atoms with Crippen molar-refractivity contribution in [1.29, 1.82) is 0 Å². The molecule has 9 heteroatoms. The van der Waals surface area contributed by atoms with E-state index in [4.69, 9.17) is 10.5 Å². The van der Waals surface area contributed by atoms with Gasteiger partial charge in [-0.15, -0.1) is 0 Å². The quantitative estimate of drug-likeness (QED) is 0.505. The van der Waals surface area contributed by atoms with Crippen LogP contribution < -0.4 is 5.73 Å². The molecule has 21 heavy (non-hydrogen) atoms. The highest BCUT2D eigenvalue weighted by molar-refractivity contribution is 7.89. The molecule has 0 spiro atoms. The molecule has 116 valence electrons. The Balaban J connectivity index is 2.48. The van der Waals surface area contributed by atoms with Crippen LogP contribution in [-0.2, 0) is 14.8 Å². The van der Waals surface area contributed by atoms with Crippen molar-refractivity contribution < 1.29 is 18.1 Å². The highest BCUT2D eigenvalue weighted by atomic mass is 32.2. The van der Waals surface area contributed by atoms with E-state index in [0.29, 0.717) is 0 Å². The minimum Gasteiger partial charge on any atom is -0.398 e. The smallest absolute Gasteiger partial charge is 0.270 e. The second kappa shape index (κ2) is 5.58. The molecule has 0 bridgehead atoms. The van der Waals surface area contributed by atoms with Gasteiger partial charge < -0.3 is 10.5 Å². The van der Waals surface area contributed by atoms with Gasteiger partial charge in [0.15, 0.2) is 0 Å². The second-order valence-electron chi connectivity index (χ2n) is 5.05. The number of rotatable bonds is 3. The maximum atomic E-state index is 12.7. The zero-order valence-corrected chi connectivity index (χ0v) is 12.5. The number of ether oxygens (including phenoxy) is 1. The molecular formula is C12H17N3O5S. The van der Waals surface area contributed by atoms with E-state index in [9.17, 15) is 18.5 Å². The summed E-state index contributed by atoms with van der Waals surface area (Å²) >= 11 is 0. The van der Waals surface area contributed by atoms with E-state index < -0.39 is 14.9 Å². The number of sulfonamides is 1. The number of nitrogens with zero attached hydrogens (tertiary/aromatic N) is 2. The van der Waals surface area contributed by atoms with Crippen molar-refractivity contribution >= 4 is 21.4 Å². The number of anilines is 1. The first-order valence-corrected chi connectivity index (χ1v) is 7.85. The van der Waals surface area contributed by atoms with Gasteiger partial charge in [0.25, 0.3) is 5.69 Å². The van der Waals surface area contributed by atoms with Crippen molar-refractivity contribution in [2.75, 3.05) is 18.9 Å². The van der Waals surface area contributed by atoms with E-state index in [0.717, 1.165) is 6.07 Å². The average molecular weight is 315 g/mol. The first-order chi connectivity index (χ1) is 9.73. The summed E-state index contributed by atoms with van der Waals surface area (Å²) in [5.41, 5.74) is 5.39. The van der Waals surface area contributed by atoms with Crippen molar-refractivity contribution in [2.45, 2.75) is 30.9 Å². The molecule has 1 aromatic rings. The van der Waals surface area contributed by atoms with Crippen LogP contribution in [0, 0.1) is 10.1 Å². The minimum atomic E-state index is -3.91. The topological polar surface area (TPSA) is 116 Å². The Kier molecular flexibility index (Phi) is 4.17. The summed E-state index contributed by atoms with van der Waals surface area (Å²) in [6.07, 6.45) is -0.240. The third-order valence-corrected chi connectivity index (χ3v) is 5.38. The molecule has 0 saturated carbocycles. The Morgan fingerprint density at radius 3 is 2.71 bits per heavy atom. The van der Waals surface area contributed by atoms with E-state index >= 15 is 0 Å². The summed E-state index contributed by atoms with van der Waals surface area (Å²) in [6.45, 7) is 3.95. The van der Waals surface area contributed by atoms with Crippen molar-refractivity contribution in [3.63, 3.8) is 0 Å². The van der Waals surface area contributed by atoms with Gasteiger partial charge in [-0.3, -0.25) is 10.1 Å². The zero-order chi connectivity index (χ0) is 15.8. The van der Waals surface area contributed by atoms with Gasteiger partial charge >= 0.3 is 0 Å². The largest absolute Gasteiger partial charge is 0.398 e. The van der Waals surface area contributed by atoms with E-state index in [1.807, 2.05) is 0 Å². The molecule has 2 rings (SSSR count). The number of hydrogen-bond acceptors (Lipinski definition) is 6. The molecule has 0 radical (unpaired) electrons. The minimum absolute atomic E-state index is 0.00746. The molecule has 0 amide bonds. The summed E-state index contributed by atoms with van der Waals surface area (Å²) in [5.74, 6) is 0. The number of nitrogens with two attached hydrogens (primary N) is 1. The molecule has 2 unspecified atom stereocenters. The van der Waals surface area contributed by atoms with Gasteiger partial charge in [-0.25, -0.2) is 8.42 Å². The SMILES string of the molecule is CC1CN(S(=O)(=O)c2cc([N+](=O)[O-])ccc2N)C(C)CO1. The maximum Gasteiger partial charge on any atom is 0.270 e. The Hall–Kier alpha value is -1.71.